The Hall–Kier alpha value is -2.81. The van der Waals surface area contributed by atoms with Gasteiger partial charge in [0.1, 0.15) is 17.0 Å². The Bertz CT molecular complexity index is 1150. The first-order chi connectivity index (χ1) is 15.5. The van der Waals surface area contributed by atoms with Crippen LogP contribution in [-0.2, 0) is 6.54 Å². The standard InChI is InChI=1S/C23H27F2N5O2/c1-14-11-29(12-15-6-2-5-9-19(15)32-23(24)25)13-18(14)20-27-21-17(22(31)28-20)10-26-30(21)16-7-3-4-8-16/h2,5-6,9-10,14,16,18,23H,3-4,7-8,11-13H2,1H3,(H,27,28,31)/t14-,18-/m1/s1. The van der Waals surface area contributed by atoms with E-state index in [0.29, 0.717) is 36.0 Å². The fourth-order valence-electron chi connectivity index (χ4n) is 5.18. The topological polar surface area (TPSA) is 76.0 Å². The van der Waals surface area contributed by atoms with Crippen molar-refractivity contribution in [3.05, 3.63) is 52.2 Å². The molecule has 0 amide bonds. The van der Waals surface area contributed by atoms with E-state index in [1.165, 1.54) is 12.8 Å². The lowest BCUT2D eigenvalue weighted by atomic mass is 9.97. The second-order valence-electron chi connectivity index (χ2n) is 8.98. The molecule has 1 saturated carbocycles. The first-order valence-corrected chi connectivity index (χ1v) is 11.2. The molecule has 9 heteroatoms. The quantitative estimate of drug-likeness (QED) is 0.622. The van der Waals surface area contributed by atoms with Gasteiger partial charge in [-0.3, -0.25) is 9.69 Å². The van der Waals surface area contributed by atoms with E-state index >= 15 is 0 Å². The summed E-state index contributed by atoms with van der Waals surface area (Å²) >= 11 is 0. The maximum absolute atomic E-state index is 12.8. The van der Waals surface area contributed by atoms with Crippen LogP contribution in [0.1, 0.15) is 56.0 Å². The summed E-state index contributed by atoms with van der Waals surface area (Å²) in [5.74, 6) is 1.17. The number of nitrogens with one attached hydrogen (secondary N) is 1. The highest BCUT2D eigenvalue weighted by Gasteiger charge is 2.34. The molecule has 2 fully saturated rings. The van der Waals surface area contributed by atoms with Gasteiger partial charge in [0.15, 0.2) is 5.65 Å². The van der Waals surface area contributed by atoms with Gasteiger partial charge in [0.05, 0.1) is 12.2 Å². The lowest BCUT2D eigenvalue weighted by Crippen LogP contribution is -2.22. The molecule has 1 aromatic carbocycles. The van der Waals surface area contributed by atoms with Gasteiger partial charge in [-0.1, -0.05) is 38.0 Å². The van der Waals surface area contributed by atoms with Gasteiger partial charge >= 0.3 is 6.61 Å². The number of likely N-dealkylation sites (tertiary alicyclic amines) is 1. The number of para-hydroxylation sites is 1. The van der Waals surface area contributed by atoms with Gasteiger partial charge in [-0.2, -0.15) is 13.9 Å². The molecular weight excluding hydrogens is 416 g/mol. The Morgan fingerprint density at radius 1 is 1.22 bits per heavy atom. The second-order valence-corrected chi connectivity index (χ2v) is 8.98. The summed E-state index contributed by atoms with van der Waals surface area (Å²) in [5.41, 5.74) is 1.23. The van der Waals surface area contributed by atoms with E-state index in [2.05, 4.69) is 26.6 Å². The number of alkyl halides is 2. The van der Waals surface area contributed by atoms with Crippen molar-refractivity contribution in [2.75, 3.05) is 13.1 Å². The summed E-state index contributed by atoms with van der Waals surface area (Å²) in [4.78, 5) is 22.8. The molecule has 1 N–H and O–H groups in total. The Balaban J connectivity index is 1.39. The van der Waals surface area contributed by atoms with Crippen LogP contribution in [-0.4, -0.2) is 44.3 Å². The van der Waals surface area contributed by atoms with E-state index in [-0.39, 0.29) is 23.1 Å². The van der Waals surface area contributed by atoms with Crippen molar-refractivity contribution in [1.82, 2.24) is 24.6 Å². The molecule has 0 radical (unpaired) electrons. The number of H-pyrrole nitrogens is 1. The van der Waals surface area contributed by atoms with Crippen molar-refractivity contribution in [2.24, 2.45) is 5.92 Å². The Morgan fingerprint density at radius 2 is 2.00 bits per heavy atom. The number of fused-ring (bicyclic) bond motifs is 1. The van der Waals surface area contributed by atoms with Crippen molar-refractivity contribution in [2.45, 2.75) is 57.7 Å². The maximum Gasteiger partial charge on any atom is 0.387 e. The molecule has 3 aromatic rings. The number of aromatic nitrogens is 4. The van der Waals surface area contributed by atoms with E-state index in [4.69, 9.17) is 4.98 Å². The molecule has 2 aromatic heterocycles. The lowest BCUT2D eigenvalue weighted by Gasteiger charge is -2.18. The highest BCUT2D eigenvalue weighted by atomic mass is 19.3. The Kier molecular flexibility index (Phi) is 5.67. The number of nitrogens with zero attached hydrogens (tertiary/aromatic N) is 4. The summed E-state index contributed by atoms with van der Waals surface area (Å²) in [6.45, 7) is 1.22. The number of halogens is 2. The fourth-order valence-corrected chi connectivity index (χ4v) is 5.18. The molecule has 32 heavy (non-hydrogen) atoms. The predicted molar refractivity (Wildman–Crippen MR) is 116 cm³/mol. The number of hydrogen-bond donors (Lipinski definition) is 1. The molecular formula is C23H27F2N5O2. The van der Waals surface area contributed by atoms with Crippen LogP contribution < -0.4 is 10.3 Å². The van der Waals surface area contributed by atoms with Crippen LogP contribution in [0.4, 0.5) is 8.78 Å². The molecule has 5 rings (SSSR count). The zero-order chi connectivity index (χ0) is 22.2. The molecule has 1 saturated heterocycles. The molecule has 2 aliphatic rings. The number of rotatable bonds is 6. The smallest absolute Gasteiger partial charge is 0.387 e. The monoisotopic (exact) mass is 443 g/mol. The van der Waals surface area contributed by atoms with Gasteiger partial charge in [0.2, 0.25) is 0 Å². The minimum atomic E-state index is -2.85. The van der Waals surface area contributed by atoms with Crippen LogP contribution in [0.5, 0.6) is 5.75 Å². The van der Waals surface area contributed by atoms with Crippen molar-refractivity contribution in [3.8, 4) is 5.75 Å². The summed E-state index contributed by atoms with van der Waals surface area (Å²) in [5, 5.41) is 5.01. The largest absolute Gasteiger partial charge is 0.434 e. The van der Waals surface area contributed by atoms with Crippen molar-refractivity contribution in [1.29, 1.82) is 0 Å². The lowest BCUT2D eigenvalue weighted by molar-refractivity contribution is -0.0507. The van der Waals surface area contributed by atoms with Crippen molar-refractivity contribution >= 4 is 11.0 Å². The minimum Gasteiger partial charge on any atom is -0.434 e. The fraction of sp³-hybridized carbons (Fsp3) is 0.522. The van der Waals surface area contributed by atoms with Crippen LogP contribution in [0.25, 0.3) is 11.0 Å². The van der Waals surface area contributed by atoms with E-state index in [1.54, 1.807) is 18.3 Å². The molecule has 0 unspecified atom stereocenters. The molecule has 3 heterocycles. The third-order valence-corrected chi connectivity index (χ3v) is 6.77. The normalized spacial score (nSPS) is 22.4. The molecule has 1 aliphatic carbocycles. The first-order valence-electron chi connectivity index (χ1n) is 11.2. The highest BCUT2D eigenvalue weighted by molar-refractivity contribution is 5.73. The van der Waals surface area contributed by atoms with Crippen LogP contribution in [0.2, 0.25) is 0 Å². The summed E-state index contributed by atoms with van der Waals surface area (Å²) in [7, 11) is 0. The third-order valence-electron chi connectivity index (χ3n) is 6.77. The summed E-state index contributed by atoms with van der Waals surface area (Å²) in [6, 6.07) is 7.19. The van der Waals surface area contributed by atoms with Crippen LogP contribution in [0.15, 0.2) is 35.3 Å². The first kappa shape index (κ1) is 21.1. The number of benzene rings is 1. The average molecular weight is 443 g/mol. The predicted octanol–water partition coefficient (Wildman–Crippen LogP) is 4.07. The van der Waals surface area contributed by atoms with Gasteiger partial charge in [-0.15, -0.1) is 0 Å². The molecule has 1 aliphatic heterocycles. The van der Waals surface area contributed by atoms with Gasteiger partial charge in [-0.25, -0.2) is 9.67 Å². The second kappa shape index (κ2) is 8.61. The molecule has 0 bridgehead atoms. The minimum absolute atomic E-state index is 0.0437. The molecule has 2 atom stereocenters. The zero-order valence-corrected chi connectivity index (χ0v) is 18.0. The SMILES string of the molecule is C[C@@H]1CN(Cc2ccccc2OC(F)F)C[C@H]1c1nc2c(cnn2C2CCCC2)c(=O)[nH]1. The van der Waals surface area contributed by atoms with E-state index in [1.807, 2.05) is 16.8 Å². The highest BCUT2D eigenvalue weighted by Crippen LogP contribution is 2.34. The Labute approximate surface area is 184 Å². The summed E-state index contributed by atoms with van der Waals surface area (Å²) < 4.78 is 32.1. The molecule has 0 spiro atoms. The maximum atomic E-state index is 12.8. The van der Waals surface area contributed by atoms with E-state index in [0.717, 1.165) is 24.9 Å². The number of hydrogen-bond acceptors (Lipinski definition) is 5. The van der Waals surface area contributed by atoms with E-state index < -0.39 is 6.61 Å². The zero-order valence-electron chi connectivity index (χ0n) is 18.0. The average Bonchev–Trinajstić information content (AvgIpc) is 3.48. The summed E-state index contributed by atoms with van der Waals surface area (Å²) in [6.07, 6.45) is 6.09. The number of ether oxygens (including phenoxy) is 1. The van der Waals surface area contributed by atoms with E-state index in [9.17, 15) is 13.6 Å². The van der Waals surface area contributed by atoms with Crippen LogP contribution >= 0.6 is 0 Å². The molecule has 170 valence electrons. The number of aromatic amines is 1. The third kappa shape index (κ3) is 4.01. The van der Waals surface area contributed by atoms with Gasteiger partial charge < -0.3 is 9.72 Å². The van der Waals surface area contributed by atoms with Crippen LogP contribution in [0.3, 0.4) is 0 Å². The van der Waals surface area contributed by atoms with Gasteiger partial charge in [-0.05, 0) is 24.8 Å². The van der Waals surface area contributed by atoms with Gasteiger partial charge in [0, 0.05) is 31.1 Å². The van der Waals surface area contributed by atoms with Crippen molar-refractivity contribution in [3.63, 3.8) is 0 Å². The molecule has 7 nitrogen and oxygen atoms in total. The Morgan fingerprint density at radius 3 is 2.78 bits per heavy atom. The van der Waals surface area contributed by atoms with Crippen LogP contribution in [0, 0.1) is 5.92 Å². The van der Waals surface area contributed by atoms with Crippen molar-refractivity contribution < 1.29 is 13.5 Å². The van der Waals surface area contributed by atoms with Gasteiger partial charge in [0.25, 0.3) is 5.56 Å².